The summed E-state index contributed by atoms with van der Waals surface area (Å²) in [5, 5.41) is 0. The van der Waals surface area contributed by atoms with Gasteiger partial charge in [-0.1, -0.05) is 44.5 Å². The molecule has 3 aliphatic rings. The molecular formula is C32H43N3O4. The number of methoxy groups -OCH3 is 2. The van der Waals surface area contributed by atoms with Crippen LogP contribution in [-0.2, 0) is 16.0 Å². The van der Waals surface area contributed by atoms with Crippen molar-refractivity contribution in [1.82, 2.24) is 14.9 Å². The van der Waals surface area contributed by atoms with Gasteiger partial charge >= 0.3 is 5.97 Å². The maximum Gasteiger partial charge on any atom is 0.308 e. The van der Waals surface area contributed by atoms with Crippen molar-refractivity contribution in [3.05, 3.63) is 53.3 Å². The summed E-state index contributed by atoms with van der Waals surface area (Å²) >= 11 is 0. The molecule has 1 aromatic heterocycles. The summed E-state index contributed by atoms with van der Waals surface area (Å²) in [6, 6.07) is 12.7. The average Bonchev–Trinajstić information content (AvgIpc) is 3.17. The Hall–Kier alpha value is -3.06. The third-order valence-electron chi connectivity index (χ3n) is 8.79. The molecule has 0 radical (unpaired) electrons. The number of benzene rings is 2. The number of nitrogens with one attached hydrogen (secondary N) is 1. The van der Waals surface area contributed by atoms with Crippen LogP contribution in [0.5, 0.6) is 11.5 Å². The lowest BCUT2D eigenvalue weighted by molar-refractivity contribution is -0.170. The minimum atomic E-state index is -0.434. The number of carbonyl (C=O) groups is 1. The van der Waals surface area contributed by atoms with E-state index < -0.39 is 5.60 Å². The molecule has 210 valence electrons. The monoisotopic (exact) mass is 533 g/mol. The summed E-state index contributed by atoms with van der Waals surface area (Å²) in [5.41, 5.74) is 4.12. The lowest BCUT2D eigenvalue weighted by Gasteiger charge is -2.46. The number of hydrogen-bond donors (Lipinski definition) is 1. The molecule has 1 fully saturated rings. The van der Waals surface area contributed by atoms with Crippen molar-refractivity contribution in [3.8, 4) is 11.5 Å². The van der Waals surface area contributed by atoms with Crippen LogP contribution >= 0.6 is 0 Å². The normalized spacial score (nSPS) is 22.2. The van der Waals surface area contributed by atoms with Gasteiger partial charge in [0.05, 0.1) is 20.1 Å². The van der Waals surface area contributed by atoms with Crippen molar-refractivity contribution in [2.24, 2.45) is 5.92 Å². The lowest BCUT2D eigenvalue weighted by atomic mass is 9.67. The fraction of sp³-hybridized carbons (Fsp3) is 0.562. The molecule has 7 heteroatoms. The fourth-order valence-corrected chi connectivity index (χ4v) is 6.71. The number of aromatic amines is 1. The molecule has 0 spiro atoms. The van der Waals surface area contributed by atoms with Crippen LogP contribution in [0, 0.1) is 5.92 Å². The SMILES string of the molecule is COc1ccc(OC)c2[nH]c(CCCN(C)CC[C@]3(OC(=O)C(C)C)C[C@H]4CCC[C@@H]3c3ccccc34)nc12. The molecule has 0 saturated heterocycles. The molecular weight excluding hydrogens is 490 g/mol. The van der Waals surface area contributed by atoms with E-state index in [9.17, 15) is 4.79 Å². The number of aryl methyl sites for hydroxylation is 1. The Morgan fingerprint density at radius 3 is 2.56 bits per heavy atom. The molecule has 1 saturated carbocycles. The van der Waals surface area contributed by atoms with E-state index in [-0.39, 0.29) is 17.8 Å². The van der Waals surface area contributed by atoms with Crippen LogP contribution in [0.25, 0.3) is 11.0 Å². The minimum absolute atomic E-state index is 0.0709. The Morgan fingerprint density at radius 1 is 1.08 bits per heavy atom. The second-order valence-corrected chi connectivity index (χ2v) is 11.7. The highest BCUT2D eigenvalue weighted by molar-refractivity contribution is 5.87. The van der Waals surface area contributed by atoms with Crippen molar-refractivity contribution in [3.63, 3.8) is 0 Å². The molecule has 1 N–H and O–H groups in total. The first-order valence-corrected chi connectivity index (χ1v) is 14.4. The van der Waals surface area contributed by atoms with E-state index in [4.69, 9.17) is 19.2 Å². The summed E-state index contributed by atoms with van der Waals surface area (Å²) in [6.45, 7) is 5.70. The third kappa shape index (κ3) is 5.51. The zero-order valence-corrected chi connectivity index (χ0v) is 24.1. The maximum absolute atomic E-state index is 13.0. The van der Waals surface area contributed by atoms with E-state index in [2.05, 4.69) is 41.2 Å². The van der Waals surface area contributed by atoms with E-state index in [1.807, 2.05) is 26.0 Å². The maximum atomic E-state index is 13.0. The van der Waals surface area contributed by atoms with Gasteiger partial charge in [-0.3, -0.25) is 4.79 Å². The molecule has 3 atom stereocenters. The summed E-state index contributed by atoms with van der Waals surface area (Å²) in [6.07, 6.45) is 7.04. The van der Waals surface area contributed by atoms with Gasteiger partial charge in [0.2, 0.25) is 0 Å². The van der Waals surface area contributed by atoms with Crippen LogP contribution in [0.2, 0.25) is 0 Å². The molecule has 0 amide bonds. The molecule has 2 bridgehead atoms. The Bertz CT molecular complexity index is 1260. The number of carbonyl (C=O) groups excluding carboxylic acids is 1. The van der Waals surface area contributed by atoms with E-state index >= 15 is 0 Å². The predicted molar refractivity (Wildman–Crippen MR) is 154 cm³/mol. The van der Waals surface area contributed by atoms with Crippen molar-refractivity contribution < 1.29 is 19.0 Å². The van der Waals surface area contributed by atoms with Crippen LogP contribution in [0.4, 0.5) is 0 Å². The van der Waals surface area contributed by atoms with Crippen LogP contribution in [-0.4, -0.2) is 60.8 Å². The summed E-state index contributed by atoms with van der Waals surface area (Å²) in [5.74, 6) is 2.97. The zero-order chi connectivity index (χ0) is 27.6. The van der Waals surface area contributed by atoms with Gasteiger partial charge in [-0.25, -0.2) is 4.98 Å². The highest BCUT2D eigenvalue weighted by Gasteiger charge is 2.50. The van der Waals surface area contributed by atoms with Crippen molar-refractivity contribution in [2.45, 2.75) is 76.2 Å². The van der Waals surface area contributed by atoms with Gasteiger partial charge in [0.1, 0.15) is 34.0 Å². The van der Waals surface area contributed by atoms with Crippen LogP contribution in [0.1, 0.15) is 81.2 Å². The first-order chi connectivity index (χ1) is 18.8. The van der Waals surface area contributed by atoms with Gasteiger partial charge in [-0.15, -0.1) is 0 Å². The summed E-state index contributed by atoms with van der Waals surface area (Å²) < 4.78 is 17.5. The van der Waals surface area contributed by atoms with Crippen LogP contribution in [0.15, 0.2) is 36.4 Å². The molecule has 39 heavy (non-hydrogen) atoms. The molecule has 6 rings (SSSR count). The van der Waals surface area contributed by atoms with Gasteiger partial charge in [0.25, 0.3) is 0 Å². The predicted octanol–water partition coefficient (Wildman–Crippen LogP) is 6.23. The number of imidazole rings is 1. The van der Waals surface area contributed by atoms with Crippen LogP contribution in [0.3, 0.4) is 0 Å². The third-order valence-corrected chi connectivity index (χ3v) is 8.79. The molecule has 0 unspecified atom stereocenters. The molecule has 7 nitrogen and oxygen atoms in total. The van der Waals surface area contributed by atoms with Gasteiger partial charge in [-0.2, -0.15) is 0 Å². The van der Waals surface area contributed by atoms with E-state index in [0.717, 1.165) is 73.6 Å². The zero-order valence-electron chi connectivity index (χ0n) is 24.1. The topological polar surface area (TPSA) is 76.7 Å². The van der Waals surface area contributed by atoms with Gasteiger partial charge in [0.15, 0.2) is 0 Å². The highest BCUT2D eigenvalue weighted by Crippen LogP contribution is 2.55. The standard InChI is InChI=1S/C32H43N3O4/c1-21(2)31(36)39-32(20-22-10-8-13-25(32)24-12-7-6-11-23(22)24)17-19-35(3)18-9-14-28-33-29-26(37-4)15-16-27(38-5)30(29)34-28/h6-7,11-12,15-16,21-22,25H,8-10,13-14,17-20H2,1-5H3,(H,33,34)/t22-,25-,32+/m1/s1. The number of aromatic nitrogens is 2. The summed E-state index contributed by atoms with van der Waals surface area (Å²) in [7, 11) is 5.50. The number of nitrogens with zero attached hydrogens (tertiary/aromatic N) is 2. The molecule has 2 aromatic carbocycles. The van der Waals surface area contributed by atoms with E-state index in [1.165, 1.54) is 24.0 Å². The van der Waals surface area contributed by atoms with Crippen molar-refractivity contribution in [1.29, 1.82) is 0 Å². The number of ether oxygens (including phenoxy) is 3. The Labute approximate surface area is 232 Å². The smallest absolute Gasteiger partial charge is 0.308 e. The molecule has 1 heterocycles. The number of esters is 1. The quantitative estimate of drug-likeness (QED) is 0.295. The lowest BCUT2D eigenvalue weighted by Crippen LogP contribution is -2.47. The fourth-order valence-electron chi connectivity index (χ4n) is 6.71. The second kappa shape index (κ2) is 11.6. The highest BCUT2D eigenvalue weighted by atomic mass is 16.6. The Balaban J connectivity index is 1.26. The van der Waals surface area contributed by atoms with Crippen molar-refractivity contribution >= 4 is 17.0 Å². The van der Waals surface area contributed by atoms with Gasteiger partial charge < -0.3 is 24.1 Å². The molecule has 3 aliphatic carbocycles. The Kier molecular flexibility index (Phi) is 8.17. The largest absolute Gasteiger partial charge is 0.494 e. The van der Waals surface area contributed by atoms with Gasteiger partial charge in [-0.05, 0) is 68.5 Å². The average molecular weight is 534 g/mol. The first-order valence-electron chi connectivity index (χ1n) is 14.4. The first kappa shape index (κ1) is 27.5. The number of H-pyrrole nitrogens is 1. The molecule has 3 aromatic rings. The molecule has 0 aliphatic heterocycles. The van der Waals surface area contributed by atoms with E-state index in [1.54, 1.807) is 14.2 Å². The van der Waals surface area contributed by atoms with Gasteiger partial charge in [0, 0.05) is 25.3 Å². The second-order valence-electron chi connectivity index (χ2n) is 11.7. The number of fused-ring (bicyclic) bond motifs is 4. The van der Waals surface area contributed by atoms with Crippen molar-refractivity contribution in [2.75, 3.05) is 34.4 Å². The van der Waals surface area contributed by atoms with E-state index in [0.29, 0.717) is 5.92 Å². The van der Waals surface area contributed by atoms with Crippen LogP contribution < -0.4 is 9.47 Å². The minimum Gasteiger partial charge on any atom is -0.494 e. The Morgan fingerprint density at radius 2 is 1.82 bits per heavy atom. The summed E-state index contributed by atoms with van der Waals surface area (Å²) in [4.78, 5) is 23.6. The number of rotatable bonds is 11. The number of hydrogen-bond acceptors (Lipinski definition) is 6.